The zero-order chi connectivity index (χ0) is 10.7. The quantitative estimate of drug-likeness (QED) is 0.828. The number of nitrogens with two attached hydrogens (primary N) is 1. The first-order valence-electron chi connectivity index (χ1n) is 5.21. The van der Waals surface area contributed by atoms with Crippen LogP contribution in [0.5, 0.6) is 0 Å². The molecule has 0 amide bonds. The van der Waals surface area contributed by atoms with Gasteiger partial charge in [0, 0.05) is 11.9 Å². The van der Waals surface area contributed by atoms with E-state index in [1.807, 2.05) is 36.4 Å². The molecule has 2 rings (SSSR count). The van der Waals surface area contributed by atoms with E-state index in [9.17, 15) is 0 Å². The van der Waals surface area contributed by atoms with Crippen molar-refractivity contribution in [2.75, 3.05) is 6.54 Å². The van der Waals surface area contributed by atoms with Crippen molar-refractivity contribution in [1.82, 2.24) is 0 Å². The van der Waals surface area contributed by atoms with Gasteiger partial charge in [-0.05, 0) is 24.6 Å². The molecule has 0 aliphatic heterocycles. The van der Waals surface area contributed by atoms with Crippen molar-refractivity contribution < 1.29 is 4.42 Å². The fourth-order valence-corrected chi connectivity index (χ4v) is 1.58. The molecule has 0 bridgehead atoms. The molecule has 1 heterocycles. The minimum Gasteiger partial charge on any atom is -0.457 e. The second-order valence-electron chi connectivity index (χ2n) is 3.55. The number of hydrogen-bond acceptors (Lipinski definition) is 2. The summed E-state index contributed by atoms with van der Waals surface area (Å²) in [5.74, 6) is 0.888. The molecule has 0 saturated carbocycles. The molecule has 0 aliphatic carbocycles. The molecule has 0 radical (unpaired) electrons. The lowest BCUT2D eigenvalue weighted by Gasteiger charge is -1.96. The van der Waals surface area contributed by atoms with Crippen LogP contribution in [0.2, 0.25) is 0 Å². The van der Waals surface area contributed by atoms with Crippen molar-refractivity contribution in [2.45, 2.75) is 13.3 Å². The maximum Gasteiger partial charge on any atom is 0.134 e. The van der Waals surface area contributed by atoms with Crippen molar-refractivity contribution in [3.63, 3.8) is 0 Å². The van der Waals surface area contributed by atoms with E-state index in [0.717, 1.165) is 23.2 Å². The van der Waals surface area contributed by atoms with Gasteiger partial charge in [-0.15, -0.1) is 0 Å². The SMILES string of the molecule is CCC(=Cc1cc2ccccc2o1)CN. The molecule has 78 valence electrons. The predicted molar refractivity (Wildman–Crippen MR) is 63.5 cm³/mol. The topological polar surface area (TPSA) is 39.2 Å². The normalized spacial score (nSPS) is 12.3. The lowest BCUT2D eigenvalue weighted by Crippen LogP contribution is -2.01. The van der Waals surface area contributed by atoms with E-state index in [1.165, 1.54) is 5.57 Å². The van der Waals surface area contributed by atoms with Crippen LogP contribution in [0.4, 0.5) is 0 Å². The third-order valence-corrected chi connectivity index (χ3v) is 2.51. The Bertz CT molecular complexity index is 443. The molecule has 15 heavy (non-hydrogen) atoms. The minimum atomic E-state index is 0.591. The summed E-state index contributed by atoms with van der Waals surface area (Å²) in [6, 6.07) is 10.0. The molecule has 0 saturated heterocycles. The summed E-state index contributed by atoms with van der Waals surface area (Å²) < 4.78 is 5.67. The van der Waals surface area contributed by atoms with Gasteiger partial charge in [-0.3, -0.25) is 0 Å². The van der Waals surface area contributed by atoms with E-state index < -0.39 is 0 Å². The highest BCUT2D eigenvalue weighted by Gasteiger charge is 2.00. The Hall–Kier alpha value is -1.54. The van der Waals surface area contributed by atoms with Crippen molar-refractivity contribution >= 4 is 17.0 Å². The molecular formula is C13H15NO. The van der Waals surface area contributed by atoms with Gasteiger partial charge in [0.2, 0.25) is 0 Å². The highest BCUT2D eigenvalue weighted by Crippen LogP contribution is 2.20. The maximum atomic E-state index is 5.67. The highest BCUT2D eigenvalue weighted by molar-refractivity contribution is 5.79. The van der Waals surface area contributed by atoms with Crippen molar-refractivity contribution in [3.05, 3.63) is 41.7 Å². The Balaban J connectivity index is 2.40. The van der Waals surface area contributed by atoms with Crippen LogP contribution in [-0.2, 0) is 0 Å². The van der Waals surface area contributed by atoms with Crippen LogP contribution in [0, 0.1) is 0 Å². The smallest absolute Gasteiger partial charge is 0.134 e. The Morgan fingerprint density at radius 2 is 2.20 bits per heavy atom. The zero-order valence-electron chi connectivity index (χ0n) is 8.86. The van der Waals surface area contributed by atoms with Gasteiger partial charge in [0.15, 0.2) is 0 Å². The van der Waals surface area contributed by atoms with Crippen LogP contribution in [0.15, 0.2) is 40.3 Å². The van der Waals surface area contributed by atoms with Gasteiger partial charge in [0.1, 0.15) is 11.3 Å². The second-order valence-corrected chi connectivity index (χ2v) is 3.55. The van der Waals surface area contributed by atoms with Gasteiger partial charge < -0.3 is 10.2 Å². The lowest BCUT2D eigenvalue weighted by atomic mass is 10.1. The first kappa shape index (κ1) is 9.99. The number of furan rings is 1. The average molecular weight is 201 g/mol. The maximum absolute atomic E-state index is 5.67. The summed E-state index contributed by atoms with van der Waals surface area (Å²) in [5, 5.41) is 1.14. The Kier molecular flexibility index (Phi) is 2.88. The summed E-state index contributed by atoms with van der Waals surface area (Å²) >= 11 is 0. The third kappa shape index (κ3) is 2.10. The molecule has 1 aromatic carbocycles. The molecular weight excluding hydrogens is 186 g/mol. The predicted octanol–water partition coefficient (Wildman–Crippen LogP) is 3.18. The molecule has 1 aromatic heterocycles. The summed E-state index contributed by atoms with van der Waals surface area (Å²) in [6.07, 6.45) is 2.99. The monoisotopic (exact) mass is 201 g/mol. The Morgan fingerprint density at radius 1 is 1.40 bits per heavy atom. The molecule has 0 fully saturated rings. The summed E-state index contributed by atoms with van der Waals surface area (Å²) in [5.41, 5.74) is 7.75. The highest BCUT2D eigenvalue weighted by atomic mass is 16.3. The van der Waals surface area contributed by atoms with Gasteiger partial charge in [-0.1, -0.05) is 30.7 Å². The molecule has 0 aliphatic rings. The molecule has 2 aromatic rings. The van der Waals surface area contributed by atoms with Crippen LogP contribution in [0.3, 0.4) is 0 Å². The number of hydrogen-bond donors (Lipinski definition) is 1. The van der Waals surface area contributed by atoms with E-state index in [1.54, 1.807) is 0 Å². The van der Waals surface area contributed by atoms with Gasteiger partial charge >= 0.3 is 0 Å². The van der Waals surface area contributed by atoms with Crippen LogP contribution in [0.1, 0.15) is 19.1 Å². The van der Waals surface area contributed by atoms with Crippen LogP contribution in [-0.4, -0.2) is 6.54 Å². The summed E-state index contributed by atoms with van der Waals surface area (Å²) in [7, 11) is 0. The summed E-state index contributed by atoms with van der Waals surface area (Å²) in [4.78, 5) is 0. The number of benzene rings is 1. The van der Waals surface area contributed by atoms with Crippen LogP contribution in [0.25, 0.3) is 17.0 Å². The Morgan fingerprint density at radius 3 is 2.87 bits per heavy atom. The molecule has 0 atom stereocenters. The number of fused-ring (bicyclic) bond motifs is 1. The fourth-order valence-electron chi connectivity index (χ4n) is 1.58. The third-order valence-electron chi connectivity index (χ3n) is 2.51. The molecule has 2 heteroatoms. The average Bonchev–Trinajstić information content (AvgIpc) is 2.68. The first-order valence-corrected chi connectivity index (χ1v) is 5.21. The molecule has 0 unspecified atom stereocenters. The van der Waals surface area contributed by atoms with E-state index in [0.29, 0.717) is 6.54 Å². The number of rotatable bonds is 3. The first-order chi connectivity index (χ1) is 7.33. The van der Waals surface area contributed by atoms with E-state index in [-0.39, 0.29) is 0 Å². The van der Waals surface area contributed by atoms with Gasteiger partial charge in [-0.25, -0.2) is 0 Å². The standard InChI is InChI=1S/C13H15NO/c1-2-10(9-14)7-12-8-11-5-3-4-6-13(11)15-12/h3-8H,2,9,14H2,1H3. The van der Waals surface area contributed by atoms with Crippen molar-refractivity contribution in [1.29, 1.82) is 0 Å². The molecule has 2 nitrogen and oxygen atoms in total. The van der Waals surface area contributed by atoms with Gasteiger partial charge in [0.05, 0.1) is 0 Å². The van der Waals surface area contributed by atoms with Crippen molar-refractivity contribution in [3.8, 4) is 0 Å². The lowest BCUT2D eigenvalue weighted by molar-refractivity contribution is 0.603. The van der Waals surface area contributed by atoms with E-state index in [2.05, 4.69) is 6.92 Å². The number of para-hydroxylation sites is 1. The molecule has 0 spiro atoms. The van der Waals surface area contributed by atoms with Gasteiger partial charge in [-0.2, -0.15) is 0 Å². The minimum absolute atomic E-state index is 0.591. The van der Waals surface area contributed by atoms with E-state index in [4.69, 9.17) is 10.2 Å². The summed E-state index contributed by atoms with van der Waals surface area (Å²) in [6.45, 7) is 2.69. The largest absolute Gasteiger partial charge is 0.457 e. The zero-order valence-corrected chi connectivity index (χ0v) is 8.86. The van der Waals surface area contributed by atoms with Crippen LogP contribution >= 0.6 is 0 Å². The molecule has 2 N–H and O–H groups in total. The second kappa shape index (κ2) is 4.32. The van der Waals surface area contributed by atoms with Crippen LogP contribution < -0.4 is 5.73 Å². The fraction of sp³-hybridized carbons (Fsp3) is 0.231. The van der Waals surface area contributed by atoms with E-state index >= 15 is 0 Å². The van der Waals surface area contributed by atoms with Gasteiger partial charge in [0.25, 0.3) is 0 Å². The Labute approximate surface area is 89.4 Å². The van der Waals surface area contributed by atoms with Crippen molar-refractivity contribution in [2.24, 2.45) is 5.73 Å².